The van der Waals surface area contributed by atoms with E-state index in [9.17, 15) is 24.8 Å². The summed E-state index contributed by atoms with van der Waals surface area (Å²) in [7, 11) is 0. The molecule has 1 heterocycles. The van der Waals surface area contributed by atoms with E-state index in [2.05, 4.69) is 10.6 Å². The summed E-state index contributed by atoms with van der Waals surface area (Å²) in [4.78, 5) is 34.8. The molecule has 2 aromatic carbocycles. The van der Waals surface area contributed by atoms with Gasteiger partial charge in [0.15, 0.2) is 0 Å². The van der Waals surface area contributed by atoms with Gasteiger partial charge in [0.1, 0.15) is 19.0 Å². The molecular formula is C20H18N3O7-. The number of amides is 2. The molecule has 0 spiro atoms. The van der Waals surface area contributed by atoms with Crippen molar-refractivity contribution in [3.63, 3.8) is 0 Å². The average molecular weight is 412 g/mol. The highest BCUT2D eigenvalue weighted by atomic mass is 16.6. The van der Waals surface area contributed by atoms with E-state index in [0.717, 1.165) is 12.1 Å². The molecule has 0 saturated heterocycles. The lowest BCUT2D eigenvalue weighted by molar-refractivity contribution is -0.398. The molecule has 2 N–H and O–H groups in total. The van der Waals surface area contributed by atoms with Crippen molar-refractivity contribution in [3.05, 3.63) is 75.5 Å². The van der Waals surface area contributed by atoms with Gasteiger partial charge in [-0.25, -0.2) is 9.59 Å². The Labute approximate surface area is 171 Å². The first-order chi connectivity index (χ1) is 14.4. The van der Waals surface area contributed by atoms with Crippen LogP contribution >= 0.6 is 0 Å². The lowest BCUT2D eigenvalue weighted by Crippen LogP contribution is -2.45. The number of nitrogens with zero attached hydrogens (tertiary/aromatic N) is 1. The fraction of sp³-hybridized carbons (Fsp3) is 0.200. The maximum atomic E-state index is 12.7. The quantitative estimate of drug-likeness (QED) is 0.306. The molecule has 2 amide bonds. The van der Waals surface area contributed by atoms with Gasteiger partial charge < -0.3 is 25.2 Å². The first-order valence-electron chi connectivity index (χ1n) is 8.95. The predicted molar refractivity (Wildman–Crippen MR) is 103 cm³/mol. The van der Waals surface area contributed by atoms with Gasteiger partial charge >= 0.3 is 12.0 Å². The first kappa shape index (κ1) is 20.6. The van der Waals surface area contributed by atoms with E-state index in [1.807, 2.05) is 18.2 Å². The fourth-order valence-electron chi connectivity index (χ4n) is 2.96. The lowest BCUT2D eigenvalue weighted by Gasteiger charge is -2.28. The van der Waals surface area contributed by atoms with Crippen LogP contribution in [-0.4, -0.2) is 30.1 Å². The monoisotopic (exact) mass is 412 g/mol. The summed E-state index contributed by atoms with van der Waals surface area (Å²) < 4.78 is 10.7. The van der Waals surface area contributed by atoms with Gasteiger partial charge in [-0.05, 0) is 30.4 Å². The minimum Gasteiger partial charge on any atom is -0.868 e. The average Bonchev–Trinajstić information content (AvgIpc) is 2.71. The molecule has 0 aromatic heterocycles. The Hall–Kier alpha value is -4.08. The third kappa shape index (κ3) is 4.66. The first-order valence-corrected chi connectivity index (χ1v) is 8.95. The Morgan fingerprint density at radius 1 is 1.17 bits per heavy atom. The Kier molecular flexibility index (Phi) is 6.16. The summed E-state index contributed by atoms with van der Waals surface area (Å²) in [5.74, 6) is -0.874. The highest BCUT2D eigenvalue weighted by Crippen LogP contribution is 2.32. The van der Waals surface area contributed by atoms with E-state index in [1.54, 1.807) is 12.1 Å². The van der Waals surface area contributed by atoms with E-state index in [0.29, 0.717) is 5.75 Å². The van der Waals surface area contributed by atoms with Crippen molar-refractivity contribution in [2.24, 2.45) is 0 Å². The third-order valence-electron chi connectivity index (χ3n) is 4.33. The highest BCUT2D eigenvalue weighted by molar-refractivity contribution is 5.95. The van der Waals surface area contributed by atoms with Gasteiger partial charge in [0.05, 0.1) is 16.5 Å². The molecule has 10 nitrogen and oxygen atoms in total. The van der Waals surface area contributed by atoms with Crippen LogP contribution in [0.1, 0.15) is 18.5 Å². The molecular weight excluding hydrogens is 394 g/mol. The minimum atomic E-state index is -1.01. The van der Waals surface area contributed by atoms with Crippen LogP contribution in [0.4, 0.5) is 10.5 Å². The second-order valence-electron chi connectivity index (χ2n) is 6.35. The number of nitro groups is 1. The third-order valence-corrected chi connectivity index (χ3v) is 4.33. The summed E-state index contributed by atoms with van der Waals surface area (Å²) in [6.45, 7) is 1.58. The van der Waals surface area contributed by atoms with Crippen molar-refractivity contribution < 1.29 is 29.1 Å². The molecule has 0 radical (unpaired) electrons. The molecule has 3 rings (SSSR count). The second kappa shape index (κ2) is 8.95. The van der Waals surface area contributed by atoms with Crippen molar-refractivity contribution in [3.8, 4) is 11.5 Å². The van der Waals surface area contributed by atoms with Crippen LogP contribution in [0.15, 0.2) is 59.8 Å². The molecule has 2 aromatic rings. The summed E-state index contributed by atoms with van der Waals surface area (Å²) in [6.07, 6.45) is 0. The largest absolute Gasteiger partial charge is 0.868 e. The van der Waals surface area contributed by atoms with Crippen molar-refractivity contribution in [1.29, 1.82) is 0 Å². The molecule has 0 fully saturated rings. The molecule has 156 valence electrons. The number of carbonyl (C=O) groups excluding carboxylic acids is 2. The Morgan fingerprint density at radius 2 is 1.90 bits per heavy atom. The molecule has 30 heavy (non-hydrogen) atoms. The normalized spacial score (nSPS) is 15.8. The maximum Gasteiger partial charge on any atom is 0.338 e. The molecule has 0 saturated carbocycles. The number of rotatable bonds is 7. The maximum absolute atomic E-state index is 12.7. The summed E-state index contributed by atoms with van der Waals surface area (Å²) in [5.41, 5.74) is -0.126. The van der Waals surface area contributed by atoms with Crippen molar-refractivity contribution in [1.82, 2.24) is 10.6 Å². The van der Waals surface area contributed by atoms with Crippen LogP contribution in [0.5, 0.6) is 11.5 Å². The summed E-state index contributed by atoms with van der Waals surface area (Å²) in [5, 5.41) is 27.8. The number of urea groups is 1. The molecule has 1 atom stereocenters. The van der Waals surface area contributed by atoms with Crippen LogP contribution in [0.3, 0.4) is 0 Å². The van der Waals surface area contributed by atoms with Crippen LogP contribution in [0, 0.1) is 10.1 Å². The Morgan fingerprint density at radius 3 is 2.60 bits per heavy atom. The van der Waals surface area contributed by atoms with E-state index >= 15 is 0 Å². The van der Waals surface area contributed by atoms with Gasteiger partial charge in [0, 0.05) is 11.8 Å². The second-order valence-corrected chi connectivity index (χ2v) is 6.35. The number of para-hydroxylation sites is 1. The van der Waals surface area contributed by atoms with E-state index < -0.39 is 34.4 Å². The number of nitrogens with one attached hydrogen (secondary N) is 2. The van der Waals surface area contributed by atoms with E-state index in [-0.39, 0.29) is 30.0 Å². The van der Waals surface area contributed by atoms with Crippen molar-refractivity contribution in [2.75, 3.05) is 13.2 Å². The number of ether oxygens (including phenoxy) is 2. The molecule has 10 heteroatoms. The highest BCUT2D eigenvalue weighted by Gasteiger charge is 2.33. The zero-order chi connectivity index (χ0) is 21.7. The molecule has 0 unspecified atom stereocenters. The number of hydrogen-bond acceptors (Lipinski definition) is 7. The summed E-state index contributed by atoms with van der Waals surface area (Å²) in [6, 6.07) is 10.8. The lowest BCUT2D eigenvalue weighted by atomic mass is 9.95. The number of esters is 1. The number of carbonyl (C=O) groups is 2. The van der Waals surface area contributed by atoms with Gasteiger partial charge in [0.2, 0.25) is 0 Å². The number of allylic oxidation sites excluding steroid dienone is 1. The van der Waals surface area contributed by atoms with Crippen LogP contribution in [-0.2, 0) is 9.53 Å². The Balaban J connectivity index is 1.75. The fourth-order valence-corrected chi connectivity index (χ4v) is 2.96. The topological polar surface area (TPSA) is 143 Å². The SMILES string of the molecule is CC1=C(C(=O)OCCOc2ccccc2)[C@H](c2ccc([O-])c([N+](=O)[O-])c2)NC(=O)N1. The Bertz CT molecular complexity index is 1000. The standard InChI is InChI=1S/C20H19N3O7/c1-12-17(19(25)30-10-9-29-14-5-3-2-4-6-14)18(22-20(26)21-12)13-7-8-16(24)15(11-13)23(27)28/h2-8,11,18,24H,9-10H2,1H3,(H2,21,22,26)/p-1/t18-/m0/s1. The van der Waals surface area contributed by atoms with Crippen molar-refractivity contribution in [2.45, 2.75) is 13.0 Å². The van der Waals surface area contributed by atoms with E-state index in [1.165, 1.54) is 13.0 Å². The molecule has 1 aliphatic rings. The van der Waals surface area contributed by atoms with Gasteiger partial charge in [-0.2, -0.15) is 0 Å². The summed E-state index contributed by atoms with van der Waals surface area (Å²) >= 11 is 0. The molecule has 1 aliphatic heterocycles. The number of nitro benzene ring substituents is 1. The molecule has 0 aliphatic carbocycles. The smallest absolute Gasteiger partial charge is 0.338 e. The van der Waals surface area contributed by atoms with Crippen LogP contribution in [0.25, 0.3) is 0 Å². The molecule has 0 bridgehead atoms. The number of hydrogen-bond donors (Lipinski definition) is 2. The van der Waals surface area contributed by atoms with Gasteiger partial charge in [0.25, 0.3) is 5.69 Å². The van der Waals surface area contributed by atoms with E-state index in [4.69, 9.17) is 9.47 Å². The van der Waals surface area contributed by atoms with Gasteiger partial charge in [-0.15, -0.1) is 0 Å². The van der Waals surface area contributed by atoms with Crippen LogP contribution in [0.2, 0.25) is 0 Å². The van der Waals surface area contributed by atoms with Crippen molar-refractivity contribution >= 4 is 17.7 Å². The van der Waals surface area contributed by atoms with Gasteiger partial charge in [-0.1, -0.05) is 30.3 Å². The minimum absolute atomic E-state index is 0.0508. The predicted octanol–water partition coefficient (Wildman–Crippen LogP) is 1.92. The number of benzene rings is 2. The zero-order valence-electron chi connectivity index (χ0n) is 15.9. The zero-order valence-corrected chi connectivity index (χ0v) is 15.9. The van der Waals surface area contributed by atoms with Gasteiger partial charge in [-0.3, -0.25) is 10.1 Å². The van der Waals surface area contributed by atoms with Crippen LogP contribution < -0.4 is 20.5 Å².